The zero-order valence-corrected chi connectivity index (χ0v) is 13.4. The zero-order chi connectivity index (χ0) is 15.4. The number of carbonyl (C=O) groups is 1. The maximum Gasteiger partial charge on any atom is 0.220 e. The second-order valence-corrected chi connectivity index (χ2v) is 7.01. The number of aryl methyl sites for hydroxylation is 1. The molecule has 22 heavy (non-hydrogen) atoms. The highest BCUT2D eigenvalue weighted by Crippen LogP contribution is 2.31. The number of carbonyl (C=O) groups excluding carboxylic acids is 1. The summed E-state index contributed by atoms with van der Waals surface area (Å²) in [6.07, 6.45) is 11.7. The van der Waals surface area contributed by atoms with Crippen LogP contribution in [0, 0.1) is 5.92 Å². The van der Waals surface area contributed by atoms with Crippen LogP contribution in [0.1, 0.15) is 75.0 Å². The van der Waals surface area contributed by atoms with Gasteiger partial charge in [-0.3, -0.25) is 4.79 Å². The van der Waals surface area contributed by atoms with Gasteiger partial charge in [0.1, 0.15) is 0 Å². The van der Waals surface area contributed by atoms with E-state index in [-0.39, 0.29) is 11.9 Å². The fourth-order valence-electron chi connectivity index (χ4n) is 4.06. The Kier molecular flexibility index (Phi) is 5.01. The number of nitrogens with one attached hydrogen (secondary N) is 1. The molecule has 3 heteroatoms. The first-order valence-corrected chi connectivity index (χ1v) is 8.90. The molecule has 0 aromatic heterocycles. The minimum absolute atomic E-state index is 0.184. The molecule has 3 rings (SSSR count). The molecule has 3 N–H and O–H groups in total. The number of anilines is 1. The van der Waals surface area contributed by atoms with Crippen molar-refractivity contribution in [2.24, 2.45) is 5.92 Å². The van der Waals surface area contributed by atoms with E-state index >= 15 is 0 Å². The molecule has 1 fully saturated rings. The van der Waals surface area contributed by atoms with Crippen LogP contribution in [0.4, 0.5) is 5.69 Å². The molecular formula is C19H28N2O. The van der Waals surface area contributed by atoms with Crippen molar-refractivity contribution in [3.8, 4) is 0 Å². The summed E-state index contributed by atoms with van der Waals surface area (Å²) in [5.74, 6) is 0.998. The zero-order valence-electron chi connectivity index (χ0n) is 13.4. The minimum atomic E-state index is 0.184. The molecule has 120 valence electrons. The van der Waals surface area contributed by atoms with E-state index in [1.54, 1.807) is 0 Å². The highest BCUT2D eigenvalue weighted by atomic mass is 16.1. The smallest absolute Gasteiger partial charge is 0.220 e. The Morgan fingerprint density at radius 1 is 1.14 bits per heavy atom. The summed E-state index contributed by atoms with van der Waals surface area (Å²) in [4.78, 5) is 12.3. The second-order valence-electron chi connectivity index (χ2n) is 7.01. The van der Waals surface area contributed by atoms with E-state index in [2.05, 4.69) is 17.4 Å². The van der Waals surface area contributed by atoms with E-state index in [4.69, 9.17) is 5.73 Å². The van der Waals surface area contributed by atoms with Crippen molar-refractivity contribution in [1.82, 2.24) is 5.32 Å². The highest BCUT2D eigenvalue weighted by Gasteiger charge is 2.22. The number of amides is 1. The highest BCUT2D eigenvalue weighted by molar-refractivity contribution is 5.76. The monoisotopic (exact) mass is 300 g/mol. The molecule has 1 amide bonds. The van der Waals surface area contributed by atoms with Crippen LogP contribution < -0.4 is 11.1 Å². The Bertz CT molecular complexity index is 520. The van der Waals surface area contributed by atoms with Crippen LogP contribution in [0.2, 0.25) is 0 Å². The normalized spacial score (nSPS) is 22.1. The number of nitrogens with two attached hydrogens (primary N) is 1. The largest absolute Gasteiger partial charge is 0.399 e. The lowest BCUT2D eigenvalue weighted by Gasteiger charge is -2.27. The van der Waals surface area contributed by atoms with Crippen molar-refractivity contribution < 1.29 is 4.79 Å². The van der Waals surface area contributed by atoms with Crippen molar-refractivity contribution in [2.45, 2.75) is 70.3 Å². The van der Waals surface area contributed by atoms with Gasteiger partial charge < -0.3 is 11.1 Å². The lowest BCUT2D eigenvalue weighted by atomic mass is 9.85. The van der Waals surface area contributed by atoms with Gasteiger partial charge in [0.05, 0.1) is 6.04 Å². The van der Waals surface area contributed by atoms with E-state index in [1.165, 1.54) is 43.2 Å². The molecular weight excluding hydrogens is 272 g/mol. The molecule has 2 aliphatic carbocycles. The Morgan fingerprint density at radius 3 is 2.77 bits per heavy atom. The second kappa shape index (κ2) is 7.17. The van der Waals surface area contributed by atoms with Crippen molar-refractivity contribution in [3.63, 3.8) is 0 Å². The van der Waals surface area contributed by atoms with Crippen LogP contribution >= 0.6 is 0 Å². The fraction of sp³-hybridized carbons (Fsp3) is 0.632. The van der Waals surface area contributed by atoms with Crippen LogP contribution in [-0.2, 0) is 11.2 Å². The molecule has 1 aromatic rings. The van der Waals surface area contributed by atoms with Gasteiger partial charge in [-0.15, -0.1) is 0 Å². The number of fused-ring (bicyclic) bond motifs is 1. The van der Waals surface area contributed by atoms with Gasteiger partial charge in [-0.05, 0) is 54.9 Å². The summed E-state index contributed by atoms with van der Waals surface area (Å²) in [5.41, 5.74) is 9.27. The average molecular weight is 300 g/mol. The third kappa shape index (κ3) is 3.82. The van der Waals surface area contributed by atoms with Crippen LogP contribution in [0.25, 0.3) is 0 Å². The Balaban J connectivity index is 1.53. The average Bonchev–Trinajstić information content (AvgIpc) is 2.54. The Labute approximate surface area is 133 Å². The molecule has 3 nitrogen and oxygen atoms in total. The van der Waals surface area contributed by atoms with Crippen LogP contribution in [0.3, 0.4) is 0 Å². The maximum atomic E-state index is 12.3. The van der Waals surface area contributed by atoms with Crippen molar-refractivity contribution in [2.75, 3.05) is 5.73 Å². The summed E-state index contributed by atoms with van der Waals surface area (Å²) in [5, 5.41) is 3.25. The molecule has 1 atom stereocenters. The molecule has 0 saturated heterocycles. The van der Waals surface area contributed by atoms with Gasteiger partial charge in [-0.2, -0.15) is 0 Å². The number of benzene rings is 1. The van der Waals surface area contributed by atoms with Gasteiger partial charge in [0.15, 0.2) is 0 Å². The van der Waals surface area contributed by atoms with Gasteiger partial charge in [-0.1, -0.05) is 38.2 Å². The lowest BCUT2D eigenvalue weighted by molar-refractivity contribution is -0.122. The summed E-state index contributed by atoms with van der Waals surface area (Å²) in [7, 11) is 0. The third-order valence-electron chi connectivity index (χ3n) is 5.32. The topological polar surface area (TPSA) is 55.1 Å². The number of rotatable bonds is 4. The van der Waals surface area contributed by atoms with E-state index in [9.17, 15) is 4.79 Å². The van der Waals surface area contributed by atoms with E-state index in [0.29, 0.717) is 6.42 Å². The predicted molar refractivity (Wildman–Crippen MR) is 90.5 cm³/mol. The molecule has 0 spiro atoms. The minimum Gasteiger partial charge on any atom is -0.399 e. The van der Waals surface area contributed by atoms with E-state index < -0.39 is 0 Å². The predicted octanol–water partition coefficient (Wildman–Crippen LogP) is 4.12. The molecule has 1 saturated carbocycles. The third-order valence-corrected chi connectivity index (χ3v) is 5.32. The van der Waals surface area contributed by atoms with E-state index in [1.807, 2.05) is 6.07 Å². The fourth-order valence-corrected chi connectivity index (χ4v) is 4.06. The quantitative estimate of drug-likeness (QED) is 0.822. The van der Waals surface area contributed by atoms with Crippen molar-refractivity contribution in [1.29, 1.82) is 0 Å². The van der Waals surface area contributed by atoms with Crippen LogP contribution in [-0.4, -0.2) is 5.91 Å². The number of hydrogen-bond donors (Lipinski definition) is 2. The van der Waals surface area contributed by atoms with Crippen LogP contribution in [0.15, 0.2) is 18.2 Å². The van der Waals surface area contributed by atoms with Gasteiger partial charge in [0, 0.05) is 12.1 Å². The van der Waals surface area contributed by atoms with Gasteiger partial charge in [-0.25, -0.2) is 0 Å². The Hall–Kier alpha value is -1.51. The maximum absolute atomic E-state index is 12.3. The molecule has 1 aromatic carbocycles. The molecule has 0 bridgehead atoms. The molecule has 0 radical (unpaired) electrons. The van der Waals surface area contributed by atoms with Crippen molar-refractivity contribution in [3.05, 3.63) is 29.3 Å². The standard InChI is InChI=1S/C19H28N2O/c20-16-10-11-17-15(13-16)7-4-8-18(17)21-19(22)12-9-14-5-2-1-3-6-14/h10-11,13-14,18H,1-9,12,20H2,(H,21,22). The SMILES string of the molecule is Nc1ccc2c(c1)CCCC2NC(=O)CCC1CCCCC1. The van der Waals surface area contributed by atoms with Gasteiger partial charge >= 0.3 is 0 Å². The van der Waals surface area contributed by atoms with E-state index in [0.717, 1.165) is 37.3 Å². The summed E-state index contributed by atoms with van der Waals surface area (Å²) in [6.45, 7) is 0. The van der Waals surface area contributed by atoms with Gasteiger partial charge in [0.25, 0.3) is 0 Å². The molecule has 2 aliphatic rings. The molecule has 0 aliphatic heterocycles. The summed E-state index contributed by atoms with van der Waals surface area (Å²) < 4.78 is 0. The lowest BCUT2D eigenvalue weighted by Crippen LogP contribution is -2.31. The number of hydrogen-bond acceptors (Lipinski definition) is 2. The molecule has 0 heterocycles. The number of nitrogen functional groups attached to an aromatic ring is 1. The Morgan fingerprint density at radius 2 is 1.95 bits per heavy atom. The summed E-state index contributed by atoms with van der Waals surface area (Å²) >= 11 is 0. The van der Waals surface area contributed by atoms with Crippen molar-refractivity contribution >= 4 is 11.6 Å². The first kappa shape index (κ1) is 15.4. The van der Waals surface area contributed by atoms with Gasteiger partial charge in [0.2, 0.25) is 5.91 Å². The van der Waals surface area contributed by atoms with Crippen LogP contribution in [0.5, 0.6) is 0 Å². The first-order chi connectivity index (χ1) is 10.7. The summed E-state index contributed by atoms with van der Waals surface area (Å²) in [6, 6.07) is 6.29. The molecule has 1 unspecified atom stereocenters. The first-order valence-electron chi connectivity index (χ1n) is 8.90.